The topological polar surface area (TPSA) is 23.5 Å². The van der Waals surface area contributed by atoms with Crippen LogP contribution in [0.15, 0.2) is 0 Å². The number of piperidine rings is 1. The monoisotopic (exact) mass is 213 g/mol. The molecule has 2 unspecified atom stereocenters. The van der Waals surface area contributed by atoms with Crippen molar-refractivity contribution in [2.75, 3.05) is 13.6 Å². The zero-order valence-electron chi connectivity index (χ0n) is 10.4. The lowest BCUT2D eigenvalue weighted by Gasteiger charge is -2.33. The third-order valence-electron chi connectivity index (χ3n) is 3.61. The molecule has 1 N–H and O–H groups in total. The molecule has 0 aliphatic carbocycles. The third kappa shape index (κ3) is 4.98. The van der Waals surface area contributed by atoms with Crippen LogP contribution in [-0.4, -0.2) is 35.7 Å². The maximum atomic E-state index is 9.92. The average molecular weight is 213 g/mol. The number of hydrogen-bond acceptors (Lipinski definition) is 2. The zero-order valence-corrected chi connectivity index (χ0v) is 10.4. The Labute approximate surface area is 94.7 Å². The summed E-state index contributed by atoms with van der Waals surface area (Å²) in [5.74, 6) is 0. The molecule has 2 nitrogen and oxygen atoms in total. The first-order chi connectivity index (χ1) is 7.24. The van der Waals surface area contributed by atoms with Crippen molar-refractivity contribution in [3.8, 4) is 0 Å². The maximum Gasteiger partial charge on any atom is 0.0555 e. The highest BCUT2D eigenvalue weighted by atomic mass is 16.3. The fourth-order valence-electron chi connectivity index (χ4n) is 2.50. The summed E-state index contributed by atoms with van der Waals surface area (Å²) in [4.78, 5) is 2.42. The predicted octanol–water partition coefficient (Wildman–Crippen LogP) is 2.80. The highest BCUT2D eigenvalue weighted by Crippen LogP contribution is 2.20. The van der Waals surface area contributed by atoms with Crippen LogP contribution in [-0.2, 0) is 0 Å². The molecule has 0 radical (unpaired) electrons. The Morgan fingerprint density at radius 1 is 1.33 bits per heavy atom. The molecule has 0 aromatic heterocycles. The third-order valence-corrected chi connectivity index (χ3v) is 3.61. The van der Waals surface area contributed by atoms with Crippen LogP contribution in [0.25, 0.3) is 0 Å². The van der Waals surface area contributed by atoms with Gasteiger partial charge in [-0.25, -0.2) is 0 Å². The van der Waals surface area contributed by atoms with E-state index in [0.717, 1.165) is 12.8 Å². The van der Waals surface area contributed by atoms with Crippen molar-refractivity contribution < 1.29 is 5.11 Å². The molecular weight excluding hydrogens is 186 g/mol. The lowest BCUT2D eigenvalue weighted by atomic mass is 9.95. The molecule has 0 spiro atoms. The van der Waals surface area contributed by atoms with Gasteiger partial charge >= 0.3 is 0 Å². The second kappa shape index (κ2) is 7.24. The van der Waals surface area contributed by atoms with Crippen LogP contribution in [0.4, 0.5) is 0 Å². The standard InChI is InChI=1S/C13H27NO/c1-3-4-5-9-13(15)11-12-8-6-7-10-14(12)2/h12-13,15H,3-11H2,1-2H3. The molecule has 2 atom stereocenters. The molecule has 1 aliphatic rings. The number of unbranched alkanes of at least 4 members (excludes halogenated alkanes) is 2. The van der Waals surface area contributed by atoms with Crippen molar-refractivity contribution in [2.45, 2.75) is 70.4 Å². The Kier molecular flexibility index (Phi) is 6.26. The van der Waals surface area contributed by atoms with Gasteiger partial charge in [-0.15, -0.1) is 0 Å². The van der Waals surface area contributed by atoms with Crippen molar-refractivity contribution in [2.24, 2.45) is 0 Å². The Morgan fingerprint density at radius 2 is 2.13 bits per heavy atom. The number of nitrogens with zero attached hydrogens (tertiary/aromatic N) is 1. The van der Waals surface area contributed by atoms with Crippen molar-refractivity contribution in [1.29, 1.82) is 0 Å². The summed E-state index contributed by atoms with van der Waals surface area (Å²) in [6.45, 7) is 3.42. The van der Waals surface area contributed by atoms with Crippen LogP contribution in [0, 0.1) is 0 Å². The number of aliphatic hydroxyl groups excluding tert-OH is 1. The summed E-state index contributed by atoms with van der Waals surface area (Å²) in [6, 6.07) is 0.635. The van der Waals surface area contributed by atoms with E-state index in [1.807, 2.05) is 0 Å². The molecule has 0 saturated carbocycles. The summed E-state index contributed by atoms with van der Waals surface area (Å²) in [7, 11) is 2.20. The molecule has 1 saturated heterocycles. The highest BCUT2D eigenvalue weighted by Gasteiger charge is 2.21. The first-order valence-electron chi connectivity index (χ1n) is 6.62. The SMILES string of the molecule is CCCCCC(O)CC1CCCCN1C. The molecule has 0 aromatic rings. The van der Waals surface area contributed by atoms with Crippen LogP contribution in [0.1, 0.15) is 58.3 Å². The van der Waals surface area contributed by atoms with E-state index >= 15 is 0 Å². The van der Waals surface area contributed by atoms with Gasteiger partial charge in [0.2, 0.25) is 0 Å². The van der Waals surface area contributed by atoms with Crippen LogP contribution < -0.4 is 0 Å². The molecule has 0 aromatic carbocycles. The zero-order chi connectivity index (χ0) is 11.1. The van der Waals surface area contributed by atoms with Gasteiger partial charge in [-0.1, -0.05) is 32.6 Å². The van der Waals surface area contributed by atoms with Crippen LogP contribution in [0.2, 0.25) is 0 Å². The minimum absolute atomic E-state index is 0.0675. The van der Waals surface area contributed by atoms with E-state index in [9.17, 15) is 5.11 Å². The largest absolute Gasteiger partial charge is 0.393 e. The molecule has 2 heteroatoms. The molecule has 1 rings (SSSR count). The van der Waals surface area contributed by atoms with Gasteiger partial charge in [-0.05, 0) is 39.3 Å². The lowest BCUT2D eigenvalue weighted by Crippen LogP contribution is -2.38. The van der Waals surface area contributed by atoms with Gasteiger partial charge in [0.1, 0.15) is 0 Å². The minimum atomic E-state index is -0.0675. The number of hydrogen-bond donors (Lipinski definition) is 1. The van der Waals surface area contributed by atoms with E-state index in [1.165, 1.54) is 45.1 Å². The summed E-state index contributed by atoms with van der Waals surface area (Å²) >= 11 is 0. The molecule has 0 amide bonds. The van der Waals surface area contributed by atoms with Crippen molar-refractivity contribution in [1.82, 2.24) is 4.90 Å². The van der Waals surface area contributed by atoms with Gasteiger partial charge in [0.05, 0.1) is 6.10 Å². The molecule has 1 aliphatic heterocycles. The molecular formula is C13H27NO. The smallest absolute Gasteiger partial charge is 0.0555 e. The predicted molar refractivity (Wildman–Crippen MR) is 65.0 cm³/mol. The Hall–Kier alpha value is -0.0800. The summed E-state index contributed by atoms with van der Waals surface area (Å²) < 4.78 is 0. The maximum absolute atomic E-state index is 9.92. The Morgan fingerprint density at radius 3 is 2.80 bits per heavy atom. The Balaban J connectivity index is 2.15. The molecule has 15 heavy (non-hydrogen) atoms. The van der Waals surface area contributed by atoms with Crippen molar-refractivity contribution >= 4 is 0 Å². The van der Waals surface area contributed by atoms with E-state index in [4.69, 9.17) is 0 Å². The van der Waals surface area contributed by atoms with Gasteiger partial charge in [-0.3, -0.25) is 0 Å². The second-order valence-corrected chi connectivity index (χ2v) is 5.02. The fourth-order valence-corrected chi connectivity index (χ4v) is 2.50. The van der Waals surface area contributed by atoms with Gasteiger partial charge in [-0.2, -0.15) is 0 Å². The highest BCUT2D eigenvalue weighted by molar-refractivity contribution is 4.76. The Bertz CT molecular complexity index is 161. The number of rotatable bonds is 6. The second-order valence-electron chi connectivity index (χ2n) is 5.02. The number of aliphatic hydroxyl groups is 1. The van der Waals surface area contributed by atoms with E-state index in [1.54, 1.807) is 0 Å². The van der Waals surface area contributed by atoms with Gasteiger partial charge in [0.15, 0.2) is 0 Å². The molecule has 90 valence electrons. The van der Waals surface area contributed by atoms with Crippen molar-refractivity contribution in [3.05, 3.63) is 0 Å². The van der Waals surface area contributed by atoms with E-state index in [0.29, 0.717) is 6.04 Å². The van der Waals surface area contributed by atoms with Crippen molar-refractivity contribution in [3.63, 3.8) is 0 Å². The van der Waals surface area contributed by atoms with Crippen LogP contribution in [0.3, 0.4) is 0 Å². The fraction of sp³-hybridized carbons (Fsp3) is 1.00. The van der Waals surface area contributed by atoms with Crippen LogP contribution in [0.5, 0.6) is 0 Å². The first-order valence-corrected chi connectivity index (χ1v) is 6.62. The van der Waals surface area contributed by atoms with E-state index in [2.05, 4.69) is 18.9 Å². The molecule has 1 fully saturated rings. The normalized spacial score (nSPS) is 25.4. The van der Waals surface area contributed by atoms with E-state index in [-0.39, 0.29) is 6.10 Å². The first kappa shape index (κ1) is 13.0. The summed E-state index contributed by atoms with van der Waals surface area (Å²) in [5, 5.41) is 9.92. The van der Waals surface area contributed by atoms with Crippen LogP contribution >= 0.6 is 0 Å². The molecule has 1 heterocycles. The minimum Gasteiger partial charge on any atom is -0.393 e. The van der Waals surface area contributed by atoms with Gasteiger partial charge in [0, 0.05) is 6.04 Å². The van der Waals surface area contributed by atoms with Gasteiger partial charge in [0.25, 0.3) is 0 Å². The van der Waals surface area contributed by atoms with E-state index < -0.39 is 0 Å². The molecule has 0 bridgehead atoms. The van der Waals surface area contributed by atoms with Gasteiger partial charge < -0.3 is 10.0 Å². The summed E-state index contributed by atoms with van der Waals surface area (Å²) in [5.41, 5.74) is 0. The lowest BCUT2D eigenvalue weighted by molar-refractivity contribution is 0.0873. The summed E-state index contributed by atoms with van der Waals surface area (Å²) in [6.07, 6.45) is 9.57. The number of likely N-dealkylation sites (tertiary alicyclic amines) is 1. The average Bonchev–Trinajstić information content (AvgIpc) is 2.22. The quantitative estimate of drug-likeness (QED) is 0.686.